The Labute approximate surface area is 116 Å². The van der Waals surface area contributed by atoms with E-state index in [1.54, 1.807) is 11.3 Å². The lowest BCUT2D eigenvalue weighted by atomic mass is 10.1. The fourth-order valence-electron chi connectivity index (χ4n) is 1.94. The van der Waals surface area contributed by atoms with E-state index in [0.29, 0.717) is 0 Å². The van der Waals surface area contributed by atoms with Gasteiger partial charge in [0.1, 0.15) is 6.10 Å². The Morgan fingerprint density at radius 3 is 2.56 bits per heavy atom. The predicted octanol–water partition coefficient (Wildman–Crippen LogP) is 4.29. The zero-order valence-electron chi connectivity index (χ0n) is 12.1. The van der Waals surface area contributed by atoms with Crippen molar-refractivity contribution in [2.45, 2.75) is 59.1 Å². The summed E-state index contributed by atoms with van der Waals surface area (Å²) < 4.78 is 6.03. The van der Waals surface area contributed by atoms with Gasteiger partial charge in [-0.15, -0.1) is 11.3 Å². The van der Waals surface area contributed by atoms with Gasteiger partial charge in [-0.3, -0.25) is 0 Å². The van der Waals surface area contributed by atoms with Gasteiger partial charge in [0.2, 0.25) is 0 Å². The van der Waals surface area contributed by atoms with Crippen LogP contribution in [0.3, 0.4) is 0 Å². The van der Waals surface area contributed by atoms with Gasteiger partial charge in [0, 0.05) is 22.4 Å². The molecular formula is C15H27NOS. The first-order chi connectivity index (χ1) is 8.54. The molecule has 0 saturated carbocycles. The first-order valence-electron chi connectivity index (χ1n) is 6.98. The summed E-state index contributed by atoms with van der Waals surface area (Å²) in [5.41, 5.74) is 6.18. The van der Waals surface area contributed by atoms with Gasteiger partial charge in [-0.25, -0.2) is 0 Å². The van der Waals surface area contributed by atoms with Gasteiger partial charge in [0.15, 0.2) is 0 Å². The van der Waals surface area contributed by atoms with E-state index in [1.807, 2.05) is 0 Å². The second-order valence-electron chi connectivity index (χ2n) is 5.35. The van der Waals surface area contributed by atoms with Crippen molar-refractivity contribution < 1.29 is 4.74 Å². The minimum atomic E-state index is 0.0702. The molecule has 2 nitrogen and oxygen atoms in total. The fraction of sp³-hybridized carbons (Fsp3) is 0.733. The highest BCUT2D eigenvalue weighted by atomic mass is 32.1. The Hall–Kier alpha value is -0.380. The second-order valence-corrected chi connectivity index (χ2v) is 6.67. The lowest BCUT2D eigenvalue weighted by Crippen LogP contribution is -2.29. The molecule has 18 heavy (non-hydrogen) atoms. The van der Waals surface area contributed by atoms with Crippen LogP contribution >= 0.6 is 11.3 Å². The van der Waals surface area contributed by atoms with E-state index in [2.05, 4.69) is 39.8 Å². The monoisotopic (exact) mass is 269 g/mol. The van der Waals surface area contributed by atoms with Crippen molar-refractivity contribution in [2.24, 2.45) is 11.7 Å². The average Bonchev–Trinajstić information content (AvgIpc) is 2.74. The fourth-order valence-corrected chi connectivity index (χ4v) is 2.94. The number of hydrogen-bond acceptors (Lipinski definition) is 3. The topological polar surface area (TPSA) is 35.2 Å². The van der Waals surface area contributed by atoms with Crippen molar-refractivity contribution >= 4 is 11.3 Å². The summed E-state index contributed by atoms with van der Waals surface area (Å²) in [6, 6.07) is 4.40. The van der Waals surface area contributed by atoms with Crippen LogP contribution in [-0.2, 0) is 4.74 Å². The van der Waals surface area contributed by atoms with Gasteiger partial charge in [0.25, 0.3) is 0 Å². The van der Waals surface area contributed by atoms with Crippen molar-refractivity contribution in [1.29, 1.82) is 0 Å². The highest BCUT2D eigenvalue weighted by Gasteiger charge is 2.20. The summed E-state index contributed by atoms with van der Waals surface area (Å²) in [5, 5.41) is 0. The summed E-state index contributed by atoms with van der Waals surface area (Å²) in [7, 11) is 0. The Bertz CT molecular complexity index is 335. The molecule has 1 aromatic rings. The summed E-state index contributed by atoms with van der Waals surface area (Å²) in [6.45, 7) is 9.56. The number of hydrogen-bond donors (Lipinski definition) is 1. The van der Waals surface area contributed by atoms with Crippen LogP contribution in [0, 0.1) is 12.8 Å². The maximum atomic E-state index is 6.18. The quantitative estimate of drug-likeness (QED) is 0.715. The number of thiophene rings is 1. The SMILES string of the molecule is CCC(N)C(OCCCC(C)C)c1ccc(C)s1. The molecular weight excluding hydrogens is 242 g/mol. The maximum absolute atomic E-state index is 6.18. The van der Waals surface area contributed by atoms with Gasteiger partial charge >= 0.3 is 0 Å². The van der Waals surface area contributed by atoms with Crippen LogP contribution in [0.15, 0.2) is 12.1 Å². The molecule has 3 heteroatoms. The molecule has 0 spiro atoms. The lowest BCUT2D eigenvalue weighted by molar-refractivity contribution is 0.0325. The molecule has 1 rings (SSSR count). The predicted molar refractivity (Wildman–Crippen MR) is 80.1 cm³/mol. The normalized spacial score (nSPS) is 15.0. The van der Waals surface area contributed by atoms with E-state index in [0.717, 1.165) is 25.4 Å². The Morgan fingerprint density at radius 1 is 1.33 bits per heavy atom. The van der Waals surface area contributed by atoms with Crippen molar-refractivity contribution in [2.75, 3.05) is 6.61 Å². The average molecular weight is 269 g/mol. The van der Waals surface area contributed by atoms with Crippen molar-refractivity contribution in [3.63, 3.8) is 0 Å². The van der Waals surface area contributed by atoms with Crippen molar-refractivity contribution in [1.82, 2.24) is 0 Å². The largest absolute Gasteiger partial charge is 0.371 e. The maximum Gasteiger partial charge on any atom is 0.107 e. The van der Waals surface area contributed by atoms with Crippen molar-refractivity contribution in [3.8, 4) is 0 Å². The molecule has 0 aliphatic heterocycles. The molecule has 104 valence electrons. The van der Waals surface area contributed by atoms with Crippen LogP contribution in [0.25, 0.3) is 0 Å². The Kier molecular flexibility index (Phi) is 6.90. The molecule has 1 aromatic heterocycles. The summed E-state index contributed by atoms with van der Waals surface area (Å²) in [6.07, 6.45) is 3.36. The molecule has 1 heterocycles. The van der Waals surface area contributed by atoms with Gasteiger partial charge < -0.3 is 10.5 Å². The van der Waals surface area contributed by atoms with E-state index in [9.17, 15) is 0 Å². The van der Waals surface area contributed by atoms with E-state index < -0.39 is 0 Å². The molecule has 2 N–H and O–H groups in total. The minimum Gasteiger partial charge on any atom is -0.371 e. The molecule has 0 saturated heterocycles. The summed E-state index contributed by atoms with van der Waals surface area (Å²) in [4.78, 5) is 2.59. The lowest BCUT2D eigenvalue weighted by Gasteiger charge is -2.22. The van der Waals surface area contributed by atoms with Gasteiger partial charge in [0.05, 0.1) is 0 Å². The molecule has 2 unspecified atom stereocenters. The highest BCUT2D eigenvalue weighted by molar-refractivity contribution is 7.12. The third-order valence-electron chi connectivity index (χ3n) is 3.13. The van der Waals surface area contributed by atoms with E-state index >= 15 is 0 Å². The van der Waals surface area contributed by atoms with Crippen LogP contribution in [0.5, 0.6) is 0 Å². The van der Waals surface area contributed by atoms with Crippen LogP contribution in [0.4, 0.5) is 0 Å². The molecule has 0 fully saturated rings. The Morgan fingerprint density at radius 2 is 2.06 bits per heavy atom. The zero-order chi connectivity index (χ0) is 13.5. The summed E-state index contributed by atoms with van der Waals surface area (Å²) in [5.74, 6) is 0.746. The van der Waals surface area contributed by atoms with Gasteiger partial charge in [-0.2, -0.15) is 0 Å². The first kappa shape index (κ1) is 15.7. The second kappa shape index (κ2) is 7.93. The molecule has 2 atom stereocenters. The van der Waals surface area contributed by atoms with Crippen LogP contribution < -0.4 is 5.73 Å². The number of ether oxygens (including phenoxy) is 1. The minimum absolute atomic E-state index is 0.0702. The first-order valence-corrected chi connectivity index (χ1v) is 7.79. The van der Waals surface area contributed by atoms with Gasteiger partial charge in [-0.1, -0.05) is 20.8 Å². The van der Waals surface area contributed by atoms with Crippen molar-refractivity contribution in [3.05, 3.63) is 21.9 Å². The smallest absolute Gasteiger partial charge is 0.107 e. The molecule has 0 radical (unpaired) electrons. The van der Waals surface area contributed by atoms with E-state index in [1.165, 1.54) is 16.2 Å². The number of nitrogens with two attached hydrogens (primary N) is 1. The highest BCUT2D eigenvalue weighted by Crippen LogP contribution is 2.29. The van der Waals surface area contributed by atoms with Crippen LogP contribution in [-0.4, -0.2) is 12.6 Å². The zero-order valence-corrected chi connectivity index (χ0v) is 12.9. The summed E-state index contributed by atoms with van der Waals surface area (Å²) >= 11 is 1.80. The molecule has 0 bridgehead atoms. The molecule has 0 aliphatic carbocycles. The third kappa shape index (κ3) is 5.09. The molecule has 0 aliphatic rings. The van der Waals surface area contributed by atoms with E-state index in [4.69, 9.17) is 10.5 Å². The van der Waals surface area contributed by atoms with Crippen LogP contribution in [0.1, 0.15) is 55.9 Å². The number of rotatable bonds is 8. The van der Waals surface area contributed by atoms with Gasteiger partial charge in [-0.05, 0) is 44.2 Å². The Balaban J connectivity index is 2.51. The molecule has 0 aromatic carbocycles. The molecule has 0 amide bonds. The number of aryl methyl sites for hydroxylation is 1. The van der Waals surface area contributed by atoms with Crippen LogP contribution in [0.2, 0.25) is 0 Å². The third-order valence-corrected chi connectivity index (χ3v) is 4.19. The standard InChI is InChI=1S/C15H27NOS/c1-5-13(16)15(14-9-8-12(4)18-14)17-10-6-7-11(2)3/h8-9,11,13,15H,5-7,10,16H2,1-4H3. The van der Waals surface area contributed by atoms with E-state index in [-0.39, 0.29) is 12.1 Å².